The molecule has 0 amide bonds. The van der Waals surface area contributed by atoms with Crippen LogP contribution in [0.25, 0.3) is 10.9 Å². The molecule has 5 rings (SSSR count). The molecule has 0 unspecified atom stereocenters. The van der Waals surface area contributed by atoms with Crippen molar-refractivity contribution in [2.45, 2.75) is 22.9 Å². The molecule has 0 radical (unpaired) electrons. The van der Waals surface area contributed by atoms with Crippen molar-refractivity contribution in [3.8, 4) is 0 Å². The van der Waals surface area contributed by atoms with Gasteiger partial charge in [0.05, 0.1) is 5.52 Å². The highest BCUT2D eigenvalue weighted by molar-refractivity contribution is 7.99. The molecule has 1 aliphatic heterocycles. The number of nitrogens with zero attached hydrogens (tertiary/aromatic N) is 4. The fraction of sp³-hybridized carbons (Fsp3) is 0.136. The lowest BCUT2D eigenvalue weighted by Crippen LogP contribution is -2.31. The van der Waals surface area contributed by atoms with E-state index in [1.807, 2.05) is 18.3 Å². The number of fused-ring (bicyclic) bond motifs is 2. The largest absolute Gasteiger partial charge is 0.394 e. The van der Waals surface area contributed by atoms with E-state index in [1.54, 1.807) is 18.1 Å². The summed E-state index contributed by atoms with van der Waals surface area (Å²) in [6.07, 6.45) is 4.41. The van der Waals surface area contributed by atoms with Gasteiger partial charge in [-0.15, -0.1) is 0 Å². The Balaban J connectivity index is 1.48. The minimum Gasteiger partial charge on any atom is -0.394 e. The number of hydrogen-bond donors (Lipinski definition) is 1. The highest BCUT2D eigenvalue weighted by Crippen LogP contribution is 2.38. The molecular formula is C22H19N5S. The van der Waals surface area contributed by atoms with Crippen molar-refractivity contribution in [1.82, 2.24) is 15.0 Å². The molecule has 4 aromatic rings. The Morgan fingerprint density at radius 1 is 0.893 bits per heavy atom. The molecule has 0 atom stereocenters. The number of benzene rings is 2. The van der Waals surface area contributed by atoms with Crippen LogP contribution in [0.5, 0.6) is 0 Å². The first-order valence-electron chi connectivity index (χ1n) is 9.23. The summed E-state index contributed by atoms with van der Waals surface area (Å²) in [4.78, 5) is 16.8. The number of para-hydroxylation sites is 1. The molecule has 1 aliphatic rings. The molecule has 5 nitrogen and oxygen atoms in total. The van der Waals surface area contributed by atoms with Gasteiger partial charge in [-0.3, -0.25) is 4.98 Å². The monoisotopic (exact) mass is 385 g/mol. The summed E-state index contributed by atoms with van der Waals surface area (Å²) in [5.74, 6) is 0.806. The average Bonchev–Trinajstić information content (AvgIpc) is 2.75. The molecule has 0 saturated heterocycles. The van der Waals surface area contributed by atoms with Gasteiger partial charge < -0.3 is 10.6 Å². The topological polar surface area (TPSA) is 67.9 Å². The third kappa shape index (κ3) is 3.05. The Morgan fingerprint density at radius 2 is 1.75 bits per heavy atom. The quantitative estimate of drug-likeness (QED) is 0.530. The lowest BCUT2D eigenvalue weighted by atomic mass is 10.00. The maximum atomic E-state index is 6.52. The summed E-state index contributed by atoms with van der Waals surface area (Å²) in [6.45, 7) is 1.72. The van der Waals surface area contributed by atoms with Crippen LogP contribution in [0.2, 0.25) is 0 Å². The van der Waals surface area contributed by atoms with Crippen molar-refractivity contribution in [1.29, 1.82) is 0 Å². The van der Waals surface area contributed by atoms with E-state index in [0.29, 0.717) is 5.69 Å². The lowest BCUT2D eigenvalue weighted by Gasteiger charge is -2.30. The number of nitrogens with two attached hydrogens (primary N) is 1. The maximum absolute atomic E-state index is 6.52. The van der Waals surface area contributed by atoms with Gasteiger partial charge in [-0.1, -0.05) is 54.2 Å². The van der Waals surface area contributed by atoms with Crippen molar-refractivity contribution in [2.24, 2.45) is 0 Å². The van der Waals surface area contributed by atoms with Crippen molar-refractivity contribution in [3.05, 3.63) is 78.2 Å². The summed E-state index contributed by atoms with van der Waals surface area (Å²) in [5, 5.41) is 1.87. The van der Waals surface area contributed by atoms with E-state index in [2.05, 4.69) is 62.3 Å². The molecule has 0 saturated carbocycles. The van der Waals surface area contributed by atoms with Crippen LogP contribution in [0.4, 0.5) is 11.5 Å². The maximum Gasteiger partial charge on any atom is 0.156 e. The third-order valence-electron chi connectivity index (χ3n) is 5.06. The summed E-state index contributed by atoms with van der Waals surface area (Å²) >= 11 is 1.54. The molecular weight excluding hydrogens is 366 g/mol. The van der Waals surface area contributed by atoms with Gasteiger partial charge in [0, 0.05) is 29.6 Å². The molecule has 2 aromatic heterocycles. The second-order valence-electron chi connectivity index (χ2n) is 6.79. The Kier molecular flexibility index (Phi) is 4.33. The standard InChI is InChI=1S/C22H19N5S/c23-19-21(27-12-10-15-5-1-2-6-17(15)13-27)25-14-26-22(19)28-18-9-3-7-16-8-4-11-24-20(16)18/h1-9,11,14H,10,12-13,23H2. The number of pyridine rings is 1. The van der Waals surface area contributed by atoms with E-state index >= 15 is 0 Å². The minimum absolute atomic E-state index is 0.625. The van der Waals surface area contributed by atoms with Crippen molar-refractivity contribution in [2.75, 3.05) is 17.2 Å². The van der Waals surface area contributed by atoms with Crippen LogP contribution in [0, 0.1) is 0 Å². The van der Waals surface area contributed by atoms with Gasteiger partial charge in [0.1, 0.15) is 17.0 Å². The summed E-state index contributed by atoms with van der Waals surface area (Å²) in [7, 11) is 0. The van der Waals surface area contributed by atoms with Crippen molar-refractivity contribution >= 4 is 34.2 Å². The number of anilines is 2. The van der Waals surface area contributed by atoms with Crippen LogP contribution in [0.3, 0.4) is 0 Å². The molecule has 3 heterocycles. The van der Waals surface area contributed by atoms with Crippen LogP contribution in [-0.4, -0.2) is 21.5 Å². The van der Waals surface area contributed by atoms with Crippen LogP contribution < -0.4 is 10.6 Å². The predicted molar refractivity (Wildman–Crippen MR) is 114 cm³/mol. The Bertz CT molecular complexity index is 1160. The minimum atomic E-state index is 0.625. The Hall–Kier alpha value is -3.12. The van der Waals surface area contributed by atoms with Crippen molar-refractivity contribution in [3.63, 3.8) is 0 Å². The Labute approximate surface area is 167 Å². The molecule has 0 bridgehead atoms. The zero-order valence-electron chi connectivity index (χ0n) is 15.2. The van der Waals surface area contributed by atoms with E-state index in [4.69, 9.17) is 5.73 Å². The molecule has 138 valence electrons. The van der Waals surface area contributed by atoms with E-state index in [0.717, 1.165) is 46.2 Å². The number of aromatic nitrogens is 3. The van der Waals surface area contributed by atoms with Gasteiger partial charge in [0.2, 0.25) is 0 Å². The predicted octanol–water partition coefficient (Wildman–Crippen LogP) is 4.32. The number of rotatable bonds is 3. The number of nitrogen functional groups attached to an aromatic ring is 1. The molecule has 0 fully saturated rings. The highest BCUT2D eigenvalue weighted by atomic mass is 32.2. The SMILES string of the molecule is Nc1c(Sc2cccc3cccnc23)ncnc1N1CCc2ccccc2C1. The van der Waals surface area contributed by atoms with Gasteiger partial charge >= 0.3 is 0 Å². The number of hydrogen-bond acceptors (Lipinski definition) is 6. The Morgan fingerprint density at radius 3 is 2.68 bits per heavy atom. The van der Waals surface area contributed by atoms with Crippen LogP contribution in [0.1, 0.15) is 11.1 Å². The molecule has 0 aliphatic carbocycles. The normalized spacial score (nSPS) is 13.5. The fourth-order valence-electron chi connectivity index (χ4n) is 3.64. The zero-order valence-corrected chi connectivity index (χ0v) is 16.1. The summed E-state index contributed by atoms with van der Waals surface area (Å²) < 4.78 is 0. The van der Waals surface area contributed by atoms with Crippen LogP contribution >= 0.6 is 11.8 Å². The molecule has 2 aromatic carbocycles. The van der Waals surface area contributed by atoms with Gasteiger partial charge in [-0.05, 0) is 29.7 Å². The second kappa shape index (κ2) is 7.13. The summed E-state index contributed by atoms with van der Waals surface area (Å²) in [5.41, 5.74) is 10.8. The second-order valence-corrected chi connectivity index (χ2v) is 7.82. The summed E-state index contributed by atoms with van der Waals surface area (Å²) in [6, 6.07) is 18.7. The fourth-order valence-corrected chi connectivity index (χ4v) is 4.57. The first kappa shape index (κ1) is 17.0. The van der Waals surface area contributed by atoms with Gasteiger partial charge in [-0.25, -0.2) is 9.97 Å². The van der Waals surface area contributed by atoms with Crippen LogP contribution in [0.15, 0.2) is 77.0 Å². The smallest absolute Gasteiger partial charge is 0.156 e. The highest BCUT2D eigenvalue weighted by Gasteiger charge is 2.21. The van der Waals surface area contributed by atoms with Crippen LogP contribution in [-0.2, 0) is 13.0 Å². The van der Waals surface area contributed by atoms with E-state index in [9.17, 15) is 0 Å². The molecule has 0 spiro atoms. The molecule has 6 heteroatoms. The third-order valence-corrected chi connectivity index (χ3v) is 6.13. The van der Waals surface area contributed by atoms with E-state index < -0.39 is 0 Å². The zero-order chi connectivity index (χ0) is 18.9. The first-order valence-corrected chi connectivity index (χ1v) is 10.0. The average molecular weight is 385 g/mol. The van der Waals surface area contributed by atoms with Crippen molar-refractivity contribution < 1.29 is 0 Å². The first-order chi connectivity index (χ1) is 13.8. The van der Waals surface area contributed by atoms with E-state index in [-0.39, 0.29) is 0 Å². The van der Waals surface area contributed by atoms with Gasteiger partial charge in [-0.2, -0.15) is 0 Å². The van der Waals surface area contributed by atoms with E-state index in [1.165, 1.54) is 11.1 Å². The molecule has 2 N–H and O–H groups in total. The van der Waals surface area contributed by atoms with Gasteiger partial charge in [0.15, 0.2) is 5.82 Å². The molecule has 28 heavy (non-hydrogen) atoms. The lowest BCUT2D eigenvalue weighted by molar-refractivity contribution is 0.718. The van der Waals surface area contributed by atoms with Gasteiger partial charge in [0.25, 0.3) is 0 Å².